The van der Waals surface area contributed by atoms with Crippen molar-refractivity contribution in [3.8, 4) is 5.75 Å². The van der Waals surface area contributed by atoms with Gasteiger partial charge in [0, 0.05) is 33.1 Å². The fourth-order valence-corrected chi connectivity index (χ4v) is 2.64. The first kappa shape index (κ1) is 20.2. The number of hydrogen-bond donors (Lipinski definition) is 1. The van der Waals surface area contributed by atoms with Gasteiger partial charge in [-0.2, -0.15) is 0 Å². The van der Waals surface area contributed by atoms with Gasteiger partial charge in [0.2, 0.25) is 5.91 Å². The van der Waals surface area contributed by atoms with Gasteiger partial charge < -0.3 is 24.6 Å². The number of piperazine rings is 1. The topological polar surface area (TPSA) is 105 Å². The molecule has 1 aromatic rings. The summed E-state index contributed by atoms with van der Waals surface area (Å²) in [5.41, 5.74) is 0.298. The van der Waals surface area contributed by atoms with Crippen molar-refractivity contribution in [2.75, 3.05) is 46.4 Å². The maximum atomic E-state index is 12.1. The lowest BCUT2D eigenvalue weighted by Gasteiger charge is -2.34. The van der Waals surface area contributed by atoms with E-state index in [9.17, 15) is 19.2 Å². The number of hydrogen-bond acceptors (Lipinski definition) is 6. The number of ether oxygens (including phenoxy) is 2. The summed E-state index contributed by atoms with van der Waals surface area (Å²) in [7, 11) is 1.45. The lowest BCUT2D eigenvalue weighted by molar-refractivity contribution is -0.152. The Balaban J connectivity index is 1.72. The Kier molecular flexibility index (Phi) is 7.16. The van der Waals surface area contributed by atoms with Crippen LogP contribution >= 0.6 is 0 Å². The van der Waals surface area contributed by atoms with Crippen molar-refractivity contribution in [2.24, 2.45) is 0 Å². The molecule has 0 spiro atoms. The third-order valence-corrected chi connectivity index (χ3v) is 4.18. The van der Waals surface area contributed by atoms with Gasteiger partial charge in [-0.25, -0.2) is 0 Å². The van der Waals surface area contributed by atoms with E-state index in [-0.39, 0.29) is 18.4 Å². The molecule has 1 aromatic carbocycles. The summed E-state index contributed by atoms with van der Waals surface area (Å²) in [4.78, 5) is 50.4. The van der Waals surface area contributed by atoms with Gasteiger partial charge in [0.05, 0.1) is 12.7 Å². The van der Waals surface area contributed by atoms with Crippen LogP contribution in [0.2, 0.25) is 0 Å². The quantitative estimate of drug-likeness (QED) is 0.680. The van der Waals surface area contributed by atoms with Crippen LogP contribution in [0.15, 0.2) is 24.3 Å². The standard InChI is InChI=1S/C18H23N3O6/c1-13(22)20-7-9-21(10-8-20)16(23)12-27-17(24)11-19-18(25)14-5-3-4-6-15(14)26-2/h3-6H,7-12H2,1-2H3,(H,19,25). The summed E-state index contributed by atoms with van der Waals surface area (Å²) >= 11 is 0. The van der Waals surface area contributed by atoms with E-state index in [0.717, 1.165) is 0 Å². The second kappa shape index (κ2) is 9.56. The van der Waals surface area contributed by atoms with Gasteiger partial charge >= 0.3 is 5.97 Å². The third-order valence-electron chi connectivity index (χ3n) is 4.18. The molecule has 3 amide bonds. The Labute approximate surface area is 157 Å². The Morgan fingerprint density at radius 3 is 2.30 bits per heavy atom. The van der Waals surface area contributed by atoms with Gasteiger partial charge in [0.15, 0.2) is 6.61 Å². The summed E-state index contributed by atoms with van der Waals surface area (Å²) < 4.78 is 10.0. The summed E-state index contributed by atoms with van der Waals surface area (Å²) in [6.07, 6.45) is 0. The van der Waals surface area contributed by atoms with Gasteiger partial charge in [-0.15, -0.1) is 0 Å². The lowest BCUT2D eigenvalue weighted by Crippen LogP contribution is -2.51. The van der Waals surface area contributed by atoms with E-state index < -0.39 is 18.5 Å². The van der Waals surface area contributed by atoms with E-state index in [1.807, 2.05) is 0 Å². The number of rotatable bonds is 6. The minimum absolute atomic E-state index is 0.0284. The van der Waals surface area contributed by atoms with Crippen LogP contribution < -0.4 is 10.1 Å². The van der Waals surface area contributed by atoms with Crippen LogP contribution in [0.3, 0.4) is 0 Å². The molecular weight excluding hydrogens is 354 g/mol. The fourth-order valence-electron chi connectivity index (χ4n) is 2.64. The number of carbonyl (C=O) groups excluding carboxylic acids is 4. The Bertz CT molecular complexity index is 713. The maximum Gasteiger partial charge on any atom is 0.325 e. The molecule has 0 aromatic heterocycles. The van der Waals surface area contributed by atoms with Crippen LogP contribution in [0.1, 0.15) is 17.3 Å². The van der Waals surface area contributed by atoms with E-state index in [1.54, 1.807) is 34.1 Å². The van der Waals surface area contributed by atoms with E-state index in [1.165, 1.54) is 14.0 Å². The predicted octanol–water partition coefficient (Wildman–Crippen LogP) is -0.341. The summed E-state index contributed by atoms with van der Waals surface area (Å²) in [5.74, 6) is -1.16. The smallest absolute Gasteiger partial charge is 0.325 e. The number of methoxy groups -OCH3 is 1. The predicted molar refractivity (Wildman–Crippen MR) is 95.1 cm³/mol. The van der Waals surface area contributed by atoms with Crippen molar-refractivity contribution in [2.45, 2.75) is 6.92 Å². The van der Waals surface area contributed by atoms with Crippen LogP contribution in [0.4, 0.5) is 0 Å². The van der Waals surface area contributed by atoms with E-state index in [0.29, 0.717) is 37.5 Å². The largest absolute Gasteiger partial charge is 0.496 e. The van der Waals surface area contributed by atoms with Crippen molar-refractivity contribution < 1.29 is 28.7 Å². The van der Waals surface area contributed by atoms with E-state index in [4.69, 9.17) is 9.47 Å². The second-order valence-electron chi connectivity index (χ2n) is 5.93. The van der Waals surface area contributed by atoms with Crippen molar-refractivity contribution in [1.82, 2.24) is 15.1 Å². The van der Waals surface area contributed by atoms with Crippen molar-refractivity contribution in [1.29, 1.82) is 0 Å². The average molecular weight is 377 g/mol. The molecule has 0 bridgehead atoms. The van der Waals surface area contributed by atoms with Crippen molar-refractivity contribution in [3.63, 3.8) is 0 Å². The molecule has 1 aliphatic heterocycles. The van der Waals surface area contributed by atoms with E-state index in [2.05, 4.69) is 5.32 Å². The first-order valence-corrected chi connectivity index (χ1v) is 8.52. The number of nitrogens with zero attached hydrogens (tertiary/aromatic N) is 2. The Morgan fingerprint density at radius 1 is 1.04 bits per heavy atom. The van der Waals surface area contributed by atoms with Crippen LogP contribution in [-0.4, -0.2) is 79.9 Å². The highest BCUT2D eigenvalue weighted by molar-refractivity contribution is 5.98. The summed E-state index contributed by atoms with van der Waals surface area (Å²) in [5, 5.41) is 2.43. The summed E-state index contributed by atoms with van der Waals surface area (Å²) in [6, 6.07) is 6.62. The van der Waals surface area contributed by atoms with Gasteiger partial charge in [-0.05, 0) is 12.1 Å². The molecule has 9 heteroatoms. The highest BCUT2D eigenvalue weighted by Crippen LogP contribution is 2.16. The highest BCUT2D eigenvalue weighted by Gasteiger charge is 2.23. The number of para-hydroxylation sites is 1. The average Bonchev–Trinajstić information content (AvgIpc) is 2.70. The zero-order valence-corrected chi connectivity index (χ0v) is 15.4. The molecule has 9 nitrogen and oxygen atoms in total. The number of nitrogens with one attached hydrogen (secondary N) is 1. The van der Waals surface area contributed by atoms with Crippen LogP contribution in [0, 0.1) is 0 Å². The molecule has 0 atom stereocenters. The third kappa shape index (κ3) is 5.70. The molecule has 1 fully saturated rings. The first-order valence-electron chi connectivity index (χ1n) is 8.52. The molecule has 27 heavy (non-hydrogen) atoms. The highest BCUT2D eigenvalue weighted by atomic mass is 16.5. The van der Waals surface area contributed by atoms with Gasteiger partial charge in [-0.3, -0.25) is 19.2 Å². The molecule has 0 aliphatic carbocycles. The second-order valence-corrected chi connectivity index (χ2v) is 5.93. The molecule has 0 unspecified atom stereocenters. The molecular formula is C18H23N3O6. The van der Waals surface area contributed by atoms with E-state index >= 15 is 0 Å². The lowest BCUT2D eigenvalue weighted by atomic mass is 10.2. The van der Waals surface area contributed by atoms with Crippen molar-refractivity contribution in [3.05, 3.63) is 29.8 Å². The number of carbonyl (C=O) groups is 4. The van der Waals surface area contributed by atoms with Crippen LogP contribution in [-0.2, 0) is 19.1 Å². The molecule has 1 aliphatic rings. The minimum atomic E-state index is -0.714. The molecule has 146 valence electrons. The molecule has 1 N–H and O–H groups in total. The molecule has 1 saturated heterocycles. The molecule has 0 radical (unpaired) electrons. The van der Waals surface area contributed by atoms with Crippen LogP contribution in [0.25, 0.3) is 0 Å². The fraction of sp³-hybridized carbons (Fsp3) is 0.444. The number of benzene rings is 1. The minimum Gasteiger partial charge on any atom is -0.496 e. The maximum absolute atomic E-state index is 12.1. The zero-order chi connectivity index (χ0) is 19.8. The monoisotopic (exact) mass is 377 g/mol. The Hall–Kier alpha value is -3.10. The zero-order valence-electron chi connectivity index (χ0n) is 15.4. The van der Waals surface area contributed by atoms with Crippen molar-refractivity contribution >= 4 is 23.7 Å². The van der Waals surface area contributed by atoms with Gasteiger partial charge in [0.1, 0.15) is 12.3 Å². The number of amides is 3. The van der Waals surface area contributed by atoms with Gasteiger partial charge in [-0.1, -0.05) is 12.1 Å². The molecule has 2 rings (SSSR count). The number of esters is 1. The Morgan fingerprint density at radius 2 is 1.67 bits per heavy atom. The SMILES string of the molecule is COc1ccccc1C(=O)NCC(=O)OCC(=O)N1CCN(C(C)=O)CC1. The first-order chi connectivity index (χ1) is 12.9. The molecule has 0 saturated carbocycles. The molecule has 1 heterocycles. The normalized spacial score (nSPS) is 13.7. The van der Waals surface area contributed by atoms with Gasteiger partial charge in [0.25, 0.3) is 11.8 Å². The summed E-state index contributed by atoms with van der Waals surface area (Å²) in [6.45, 7) is 2.46. The van der Waals surface area contributed by atoms with Crippen LogP contribution in [0.5, 0.6) is 5.75 Å².